The van der Waals surface area contributed by atoms with Gasteiger partial charge in [0.2, 0.25) is 5.78 Å². The molecule has 268 valence electrons. The van der Waals surface area contributed by atoms with Crippen molar-refractivity contribution in [3.8, 4) is 28.0 Å². The first-order valence-electron chi connectivity index (χ1n) is 19.1. The first kappa shape index (κ1) is 30.7. The van der Waals surface area contributed by atoms with Crippen LogP contribution in [0.2, 0.25) is 0 Å². The summed E-state index contributed by atoms with van der Waals surface area (Å²) >= 11 is 0. The second-order valence-corrected chi connectivity index (χ2v) is 15.5. The highest BCUT2D eigenvalue weighted by atomic mass is 16.3. The first-order chi connectivity index (χ1) is 27.9. The Morgan fingerprint density at radius 1 is 0.491 bits per heavy atom. The molecular weight excluding hydrogens is 705 g/mol. The standard InChI is InChI=1S/C50H30N4O3/c55-28-21-24-32-31-13-3-6-16-37(31)50(38(32)25-28)52-40-18-8-10-27-20-23-34(46(54-50)42(27)40)44-47(56)43(48(44)57)33-22-19-26-9-7-17-39-41(26)45(33)53-49(51-39)35-14-4-1-11-29(35)30-12-2-5-15-36(30)49/h1-25,51-53,55-56H. The number of anilines is 3. The van der Waals surface area contributed by atoms with E-state index < -0.39 is 11.3 Å². The number of hydrogen-bond acceptors (Lipinski definition) is 7. The average Bonchev–Trinajstić information content (AvgIpc) is 3.65. The van der Waals surface area contributed by atoms with E-state index in [1.807, 2.05) is 66.7 Å². The van der Waals surface area contributed by atoms with Crippen LogP contribution in [0.15, 0.2) is 162 Å². The van der Waals surface area contributed by atoms with Crippen LogP contribution in [0.1, 0.15) is 27.8 Å². The van der Waals surface area contributed by atoms with Gasteiger partial charge in [0.25, 0.3) is 0 Å². The summed E-state index contributed by atoms with van der Waals surface area (Å²) in [6.07, 6.45) is 0. The number of allylic oxidation sites excluding steroid dienone is 2. The first-order valence-corrected chi connectivity index (χ1v) is 19.1. The molecule has 0 fully saturated rings. The Bertz CT molecular complexity index is 3360. The number of aliphatic hydroxyl groups excluding tert-OH is 1. The number of hydrogen-bond donors (Lipinski definition) is 5. The minimum absolute atomic E-state index is 0.0598. The molecule has 0 saturated carbocycles. The fourth-order valence-electron chi connectivity index (χ4n) is 10.3. The predicted octanol–water partition coefficient (Wildman–Crippen LogP) is 9.05. The Morgan fingerprint density at radius 3 is 1.81 bits per heavy atom. The van der Waals surface area contributed by atoms with Crippen molar-refractivity contribution in [1.82, 2.24) is 0 Å². The molecule has 0 amide bonds. The Morgan fingerprint density at radius 2 is 1.09 bits per heavy atom. The van der Waals surface area contributed by atoms with E-state index in [1.165, 1.54) is 0 Å². The number of carbonyl (C=O) groups excluding carboxylic acids is 1. The van der Waals surface area contributed by atoms with Gasteiger partial charge in [-0.1, -0.05) is 127 Å². The van der Waals surface area contributed by atoms with E-state index in [4.69, 9.17) is 4.99 Å². The van der Waals surface area contributed by atoms with Crippen LogP contribution in [0, 0.1) is 0 Å². The Kier molecular flexibility index (Phi) is 5.57. The maximum absolute atomic E-state index is 14.9. The van der Waals surface area contributed by atoms with Crippen molar-refractivity contribution in [1.29, 1.82) is 0 Å². The Balaban J connectivity index is 1.06. The normalized spacial score (nSPS) is 19.3. The van der Waals surface area contributed by atoms with Gasteiger partial charge in [0, 0.05) is 55.2 Å². The number of benzene rings is 8. The molecule has 8 aromatic rings. The number of rotatable bonds is 1. The molecule has 8 aromatic carbocycles. The van der Waals surface area contributed by atoms with Crippen LogP contribution < -0.4 is 26.5 Å². The summed E-state index contributed by atoms with van der Waals surface area (Å²) < 4.78 is 0. The lowest BCUT2D eigenvalue weighted by Gasteiger charge is -2.41. The van der Waals surface area contributed by atoms with Crippen molar-refractivity contribution in [2.45, 2.75) is 11.3 Å². The predicted molar refractivity (Wildman–Crippen MR) is 224 cm³/mol. The zero-order chi connectivity index (χ0) is 37.8. The van der Waals surface area contributed by atoms with E-state index in [-0.39, 0.29) is 28.4 Å². The molecule has 0 bridgehead atoms. The van der Waals surface area contributed by atoms with Crippen LogP contribution in [0.3, 0.4) is 0 Å². The summed E-state index contributed by atoms with van der Waals surface area (Å²) in [7, 11) is 0. The van der Waals surface area contributed by atoms with E-state index in [0.29, 0.717) is 16.1 Å². The highest BCUT2D eigenvalue weighted by Gasteiger charge is 2.49. The van der Waals surface area contributed by atoms with Gasteiger partial charge in [0.15, 0.2) is 11.3 Å². The fourth-order valence-corrected chi connectivity index (χ4v) is 10.3. The van der Waals surface area contributed by atoms with E-state index in [2.05, 4.69) is 88.7 Å². The van der Waals surface area contributed by atoms with Gasteiger partial charge >= 0.3 is 0 Å². The molecule has 5 N–H and O–H groups in total. The van der Waals surface area contributed by atoms with Crippen LogP contribution in [-0.2, 0) is 16.1 Å². The van der Waals surface area contributed by atoms with Gasteiger partial charge in [0.1, 0.15) is 11.5 Å². The van der Waals surface area contributed by atoms with Gasteiger partial charge in [-0.15, -0.1) is 0 Å². The molecule has 7 heteroatoms. The summed E-state index contributed by atoms with van der Waals surface area (Å²) in [5, 5.41) is 39.6. The van der Waals surface area contributed by atoms with Crippen LogP contribution in [0.25, 0.3) is 54.9 Å². The number of aromatic hydroxyl groups is 1. The third kappa shape index (κ3) is 3.67. The second-order valence-electron chi connectivity index (χ2n) is 15.5. The van der Waals surface area contributed by atoms with Gasteiger partial charge in [-0.3, -0.25) is 4.79 Å². The molecule has 0 saturated heterocycles. The highest BCUT2D eigenvalue weighted by molar-refractivity contribution is 6.52. The quantitative estimate of drug-likeness (QED) is 0.115. The number of carbonyl (C=O) groups is 1. The van der Waals surface area contributed by atoms with Gasteiger partial charge in [-0.05, 0) is 57.3 Å². The largest absolute Gasteiger partial charge is 0.508 e. The smallest absolute Gasteiger partial charge is 0.201 e. The summed E-state index contributed by atoms with van der Waals surface area (Å²) in [5.74, 6) is -0.167. The van der Waals surface area contributed by atoms with Crippen molar-refractivity contribution < 1.29 is 15.0 Å². The zero-order valence-corrected chi connectivity index (χ0v) is 30.2. The molecule has 13 rings (SSSR count). The van der Waals surface area contributed by atoms with Gasteiger partial charge in [0.05, 0.1) is 22.2 Å². The van der Waals surface area contributed by atoms with Crippen molar-refractivity contribution in [3.63, 3.8) is 0 Å². The summed E-state index contributed by atoms with van der Waals surface area (Å²) in [5.41, 5.74) is 10.1. The topological polar surface area (TPSA) is 106 Å². The van der Waals surface area contributed by atoms with Gasteiger partial charge < -0.3 is 26.2 Å². The average molecular weight is 735 g/mol. The third-order valence-corrected chi connectivity index (χ3v) is 12.7. The van der Waals surface area contributed by atoms with Crippen LogP contribution in [-0.4, -0.2) is 16.0 Å². The number of phenolic OH excluding ortho intramolecular Hbond substituents is 1. The molecule has 2 heterocycles. The molecule has 7 nitrogen and oxygen atoms in total. The molecule has 0 radical (unpaired) electrons. The minimum Gasteiger partial charge on any atom is -0.508 e. The van der Waals surface area contributed by atoms with E-state index in [1.54, 1.807) is 12.1 Å². The third-order valence-electron chi connectivity index (χ3n) is 12.7. The van der Waals surface area contributed by atoms with Crippen LogP contribution >= 0.6 is 0 Å². The zero-order valence-electron chi connectivity index (χ0n) is 30.2. The van der Waals surface area contributed by atoms with Crippen molar-refractivity contribution in [2.24, 2.45) is 4.99 Å². The second kappa shape index (κ2) is 10.4. The molecule has 57 heavy (non-hydrogen) atoms. The monoisotopic (exact) mass is 734 g/mol. The van der Waals surface area contributed by atoms with Crippen molar-refractivity contribution in [3.05, 3.63) is 196 Å². The lowest BCUT2D eigenvalue weighted by atomic mass is 9.79. The summed E-state index contributed by atoms with van der Waals surface area (Å²) in [6.45, 7) is 0. The van der Waals surface area contributed by atoms with Crippen LogP contribution in [0.5, 0.6) is 5.75 Å². The number of phenols is 1. The fraction of sp³-hybridized carbons (Fsp3) is 0.0400. The molecule has 1 unspecified atom stereocenters. The van der Waals surface area contributed by atoms with Gasteiger partial charge in [-0.25, -0.2) is 4.99 Å². The number of aliphatic hydroxyl groups is 1. The number of ketones is 1. The molecule has 2 spiro atoms. The highest BCUT2D eigenvalue weighted by Crippen LogP contribution is 2.56. The van der Waals surface area contributed by atoms with Gasteiger partial charge in [-0.2, -0.15) is 0 Å². The molecule has 3 aliphatic carbocycles. The molecule has 2 aliphatic heterocycles. The van der Waals surface area contributed by atoms with E-state index in [0.717, 1.165) is 83.1 Å². The number of fused-ring (bicyclic) bond motifs is 10. The Hall–Kier alpha value is -7.64. The number of nitrogens with zero attached hydrogens (tertiary/aromatic N) is 1. The van der Waals surface area contributed by atoms with Crippen molar-refractivity contribution in [2.75, 3.05) is 16.0 Å². The summed E-state index contributed by atoms with van der Waals surface area (Å²) in [6, 6.07) is 50.5. The Labute approximate surface area is 325 Å². The van der Waals surface area contributed by atoms with Crippen LogP contribution in [0.4, 0.5) is 17.1 Å². The van der Waals surface area contributed by atoms with Crippen molar-refractivity contribution >= 4 is 55.5 Å². The lowest BCUT2D eigenvalue weighted by molar-refractivity contribution is -0.109. The molecule has 5 aliphatic rings. The molecule has 0 aromatic heterocycles. The number of Topliss-reactive ketones (excluding diaryl/α,β-unsaturated/α-hetero) is 1. The molecule has 1 atom stereocenters. The maximum atomic E-state index is 14.9. The minimum atomic E-state index is -1.07. The van der Waals surface area contributed by atoms with E-state index in [9.17, 15) is 15.0 Å². The summed E-state index contributed by atoms with van der Waals surface area (Å²) in [4.78, 5) is 20.4. The lowest BCUT2D eigenvalue weighted by Crippen LogP contribution is -2.45. The van der Waals surface area contributed by atoms with E-state index >= 15 is 0 Å². The maximum Gasteiger partial charge on any atom is 0.201 e. The molecular formula is C50H30N4O3. The SMILES string of the molecule is O=C1C(c2ccc3cccc4c3c2NC2(N4)c3ccccc3-c3ccccc32)=C(O)C1=c1ccc2cccc3c2c1=NC1(N3)c2ccccc2-c2ccc(O)cc21. The number of nitrogens with one attached hydrogen (secondary N) is 3.